The van der Waals surface area contributed by atoms with Crippen LogP contribution in [0, 0.1) is 5.92 Å². The molecular formula is C19H24ClN5O2. The Kier molecular flexibility index (Phi) is 6.47. The molecule has 0 radical (unpaired) electrons. The van der Waals surface area contributed by atoms with Crippen LogP contribution in [-0.2, 0) is 4.79 Å². The van der Waals surface area contributed by atoms with Crippen molar-refractivity contribution >= 4 is 23.5 Å². The summed E-state index contributed by atoms with van der Waals surface area (Å²) in [5.41, 5.74) is 0. The number of halogens is 1. The van der Waals surface area contributed by atoms with Crippen LogP contribution >= 0.6 is 11.6 Å². The van der Waals surface area contributed by atoms with E-state index in [4.69, 9.17) is 16.3 Å². The first-order valence-corrected chi connectivity index (χ1v) is 9.23. The van der Waals surface area contributed by atoms with Gasteiger partial charge in [0.15, 0.2) is 6.61 Å². The van der Waals surface area contributed by atoms with Gasteiger partial charge < -0.3 is 19.9 Å². The Hall–Kier alpha value is -2.38. The van der Waals surface area contributed by atoms with E-state index < -0.39 is 0 Å². The van der Waals surface area contributed by atoms with Crippen molar-refractivity contribution in [2.75, 3.05) is 45.2 Å². The average Bonchev–Trinajstić information content (AvgIpc) is 3.04. The van der Waals surface area contributed by atoms with Crippen LogP contribution in [-0.4, -0.2) is 67.2 Å². The fourth-order valence-electron chi connectivity index (χ4n) is 3.23. The Morgan fingerprint density at radius 2 is 1.96 bits per heavy atom. The Morgan fingerprint density at radius 3 is 2.63 bits per heavy atom. The van der Waals surface area contributed by atoms with Gasteiger partial charge in [0, 0.05) is 43.0 Å². The number of carbonyl (C=O) groups is 1. The molecule has 2 heterocycles. The highest BCUT2D eigenvalue weighted by Gasteiger charge is 2.35. The third-order valence-corrected chi connectivity index (χ3v) is 4.66. The number of rotatable bonds is 7. The highest BCUT2D eigenvalue weighted by Crippen LogP contribution is 2.22. The zero-order valence-electron chi connectivity index (χ0n) is 15.5. The van der Waals surface area contributed by atoms with Gasteiger partial charge in [0.1, 0.15) is 5.75 Å². The third-order valence-electron chi connectivity index (χ3n) is 4.41. The largest absolute Gasteiger partial charge is 0.484 e. The number of nitrogens with one attached hydrogen (secondary N) is 1. The predicted octanol–water partition coefficient (Wildman–Crippen LogP) is 1.69. The van der Waals surface area contributed by atoms with Crippen molar-refractivity contribution in [3.8, 4) is 5.75 Å². The summed E-state index contributed by atoms with van der Waals surface area (Å²) in [7, 11) is 4.06. The number of hydrogen-bond donors (Lipinski definition) is 1. The van der Waals surface area contributed by atoms with Gasteiger partial charge in [-0.15, -0.1) is 0 Å². The van der Waals surface area contributed by atoms with E-state index in [0.29, 0.717) is 23.3 Å². The van der Waals surface area contributed by atoms with Crippen molar-refractivity contribution < 1.29 is 9.53 Å². The maximum Gasteiger partial charge on any atom is 0.258 e. The fraction of sp³-hybridized carbons (Fsp3) is 0.421. The number of ether oxygens (including phenoxy) is 1. The van der Waals surface area contributed by atoms with Gasteiger partial charge in [0.05, 0.1) is 6.04 Å². The van der Waals surface area contributed by atoms with Gasteiger partial charge in [-0.3, -0.25) is 4.79 Å². The van der Waals surface area contributed by atoms with Crippen LogP contribution in [0.2, 0.25) is 5.02 Å². The highest BCUT2D eigenvalue weighted by molar-refractivity contribution is 6.30. The molecule has 0 saturated carbocycles. The van der Waals surface area contributed by atoms with E-state index in [9.17, 15) is 4.79 Å². The lowest BCUT2D eigenvalue weighted by molar-refractivity contribution is -0.124. The van der Waals surface area contributed by atoms with Crippen molar-refractivity contribution in [3.63, 3.8) is 0 Å². The minimum Gasteiger partial charge on any atom is -0.484 e. The summed E-state index contributed by atoms with van der Waals surface area (Å²) in [5.74, 6) is 1.44. The highest BCUT2D eigenvalue weighted by atomic mass is 35.5. The minimum absolute atomic E-state index is 0.0116. The maximum absolute atomic E-state index is 12.4. The molecule has 1 aliphatic heterocycles. The maximum atomic E-state index is 12.4. The van der Waals surface area contributed by atoms with Crippen molar-refractivity contribution in [1.82, 2.24) is 20.2 Å². The Morgan fingerprint density at radius 1 is 1.26 bits per heavy atom. The molecular weight excluding hydrogens is 366 g/mol. The lowest BCUT2D eigenvalue weighted by Crippen LogP contribution is -2.45. The van der Waals surface area contributed by atoms with Gasteiger partial charge >= 0.3 is 0 Å². The molecule has 2 atom stereocenters. The van der Waals surface area contributed by atoms with E-state index >= 15 is 0 Å². The second kappa shape index (κ2) is 9.01. The quantitative estimate of drug-likeness (QED) is 0.777. The zero-order valence-corrected chi connectivity index (χ0v) is 16.3. The number of amides is 1. The van der Waals surface area contributed by atoms with E-state index in [0.717, 1.165) is 13.1 Å². The van der Waals surface area contributed by atoms with Crippen LogP contribution in [0.4, 0.5) is 5.95 Å². The molecule has 8 heteroatoms. The molecule has 0 bridgehead atoms. The lowest BCUT2D eigenvalue weighted by atomic mass is 10.0. The molecule has 0 unspecified atom stereocenters. The van der Waals surface area contributed by atoms with Crippen LogP contribution in [0.3, 0.4) is 0 Å². The summed E-state index contributed by atoms with van der Waals surface area (Å²) in [4.78, 5) is 25.3. The fourth-order valence-corrected chi connectivity index (χ4v) is 3.36. The van der Waals surface area contributed by atoms with Gasteiger partial charge in [0.2, 0.25) is 5.95 Å². The SMILES string of the molecule is CN(C)C[C@@H]1CN(c2ncccn2)C[C@H]1NC(=O)COc1ccc(Cl)cc1. The first kappa shape index (κ1) is 19.4. The van der Waals surface area contributed by atoms with Crippen LogP contribution in [0.25, 0.3) is 0 Å². The molecule has 1 N–H and O–H groups in total. The van der Waals surface area contributed by atoms with Gasteiger partial charge in [-0.1, -0.05) is 11.6 Å². The summed E-state index contributed by atoms with van der Waals surface area (Å²) in [6, 6.07) is 8.76. The van der Waals surface area contributed by atoms with E-state index in [1.807, 2.05) is 14.1 Å². The molecule has 1 saturated heterocycles. The molecule has 0 aliphatic carbocycles. The monoisotopic (exact) mass is 389 g/mol. The van der Waals surface area contributed by atoms with Crippen molar-refractivity contribution in [2.45, 2.75) is 6.04 Å². The molecule has 2 aromatic rings. The standard InChI is InChI=1S/C19H24ClN5O2/c1-24(2)10-14-11-25(19-21-8-3-9-22-19)12-17(14)23-18(26)13-27-16-6-4-15(20)5-7-16/h3-9,14,17H,10-13H2,1-2H3,(H,23,26)/t14-,17-/m1/s1. The Balaban J connectivity index is 1.58. The van der Waals surface area contributed by atoms with E-state index in [-0.39, 0.29) is 24.5 Å². The molecule has 1 aliphatic rings. The Labute approximate surface area is 164 Å². The first-order valence-electron chi connectivity index (χ1n) is 8.85. The zero-order chi connectivity index (χ0) is 19.2. The first-order chi connectivity index (χ1) is 13.0. The number of hydrogen-bond acceptors (Lipinski definition) is 6. The van der Waals surface area contributed by atoms with Crippen LogP contribution in [0.1, 0.15) is 0 Å². The van der Waals surface area contributed by atoms with E-state index in [2.05, 4.69) is 25.1 Å². The van der Waals surface area contributed by atoms with Crippen LogP contribution in [0.5, 0.6) is 5.75 Å². The van der Waals surface area contributed by atoms with Gasteiger partial charge in [0.25, 0.3) is 5.91 Å². The number of anilines is 1. The summed E-state index contributed by atoms with van der Waals surface area (Å²) in [6.07, 6.45) is 3.46. The number of benzene rings is 1. The summed E-state index contributed by atoms with van der Waals surface area (Å²) >= 11 is 5.86. The lowest BCUT2D eigenvalue weighted by Gasteiger charge is -2.22. The molecule has 3 rings (SSSR count). The molecule has 144 valence electrons. The van der Waals surface area contributed by atoms with Crippen molar-refractivity contribution in [3.05, 3.63) is 47.7 Å². The molecule has 1 fully saturated rings. The minimum atomic E-state index is -0.144. The number of nitrogens with zero attached hydrogens (tertiary/aromatic N) is 4. The van der Waals surface area contributed by atoms with Crippen molar-refractivity contribution in [2.24, 2.45) is 5.92 Å². The molecule has 27 heavy (non-hydrogen) atoms. The molecule has 1 aromatic heterocycles. The second-order valence-corrected chi connectivity index (χ2v) is 7.33. The third kappa shape index (κ3) is 5.55. The molecule has 1 aromatic carbocycles. The van der Waals surface area contributed by atoms with E-state index in [1.165, 1.54) is 0 Å². The van der Waals surface area contributed by atoms with E-state index in [1.54, 1.807) is 42.7 Å². The topological polar surface area (TPSA) is 70.6 Å². The second-order valence-electron chi connectivity index (χ2n) is 6.89. The molecule has 0 spiro atoms. The average molecular weight is 390 g/mol. The number of aromatic nitrogens is 2. The summed E-state index contributed by atoms with van der Waals surface area (Å²) in [5, 5.41) is 3.73. The smallest absolute Gasteiger partial charge is 0.258 e. The van der Waals surface area contributed by atoms with Crippen LogP contribution in [0.15, 0.2) is 42.7 Å². The van der Waals surface area contributed by atoms with Gasteiger partial charge in [-0.05, 0) is 44.4 Å². The Bertz CT molecular complexity index is 742. The molecule has 7 nitrogen and oxygen atoms in total. The van der Waals surface area contributed by atoms with Gasteiger partial charge in [-0.25, -0.2) is 9.97 Å². The number of carbonyl (C=O) groups excluding carboxylic acids is 1. The summed E-state index contributed by atoms with van der Waals surface area (Å²) < 4.78 is 5.54. The molecule has 1 amide bonds. The normalized spacial score (nSPS) is 19.3. The summed E-state index contributed by atoms with van der Waals surface area (Å²) in [6.45, 7) is 2.31. The van der Waals surface area contributed by atoms with Crippen LogP contribution < -0.4 is 15.0 Å². The predicted molar refractivity (Wildman–Crippen MR) is 105 cm³/mol. The van der Waals surface area contributed by atoms with Crippen molar-refractivity contribution in [1.29, 1.82) is 0 Å². The van der Waals surface area contributed by atoms with Gasteiger partial charge in [-0.2, -0.15) is 0 Å².